The van der Waals surface area contributed by atoms with Crippen LogP contribution in [0.5, 0.6) is 5.75 Å². The molecule has 1 saturated heterocycles. The first kappa shape index (κ1) is 10.4. The van der Waals surface area contributed by atoms with Gasteiger partial charge < -0.3 is 9.64 Å². The zero-order valence-electron chi connectivity index (χ0n) is 8.98. The largest absolute Gasteiger partial charge is 0.487 e. The number of hydrogen-bond donors (Lipinski definition) is 0. The number of aromatic nitrogens is 1. The molecule has 2 heterocycles. The molecule has 0 saturated carbocycles. The normalized spacial score (nSPS) is 26.9. The van der Waals surface area contributed by atoms with Crippen molar-refractivity contribution in [3.8, 4) is 5.75 Å². The first-order valence-corrected chi connectivity index (χ1v) is 5.11. The average molecular weight is 210 g/mol. The molecule has 2 atom stereocenters. The van der Waals surface area contributed by atoms with E-state index in [0.29, 0.717) is 11.7 Å². The lowest BCUT2D eigenvalue weighted by Gasteiger charge is -2.16. The van der Waals surface area contributed by atoms with Gasteiger partial charge in [-0.25, -0.2) is 4.39 Å². The molecule has 1 aromatic rings. The number of nitrogens with zero attached hydrogens (tertiary/aromatic N) is 2. The zero-order valence-corrected chi connectivity index (χ0v) is 8.98. The van der Waals surface area contributed by atoms with Gasteiger partial charge in [0.15, 0.2) is 0 Å². The molecular weight excluding hydrogens is 195 g/mol. The molecule has 0 bridgehead atoms. The highest BCUT2D eigenvalue weighted by Gasteiger charge is 2.28. The van der Waals surface area contributed by atoms with Crippen LogP contribution >= 0.6 is 0 Å². The minimum absolute atomic E-state index is 0.138. The number of likely N-dealkylation sites (N-methyl/N-ethyl adjacent to an activating group) is 1. The Kier molecular flexibility index (Phi) is 2.86. The Hall–Kier alpha value is -1.16. The lowest BCUT2D eigenvalue weighted by Crippen LogP contribution is -2.24. The second kappa shape index (κ2) is 4.14. The maximum absolute atomic E-state index is 12.9. The van der Waals surface area contributed by atoms with Gasteiger partial charge in [-0.05, 0) is 7.05 Å². The smallest absolute Gasteiger partial charge is 0.145 e. The van der Waals surface area contributed by atoms with Crippen molar-refractivity contribution in [3.05, 3.63) is 24.3 Å². The summed E-state index contributed by atoms with van der Waals surface area (Å²) in [5.74, 6) is 0.631. The highest BCUT2D eigenvalue weighted by molar-refractivity contribution is 5.17. The van der Waals surface area contributed by atoms with Gasteiger partial charge in [-0.2, -0.15) is 0 Å². The average Bonchev–Trinajstić information content (AvgIpc) is 2.45. The summed E-state index contributed by atoms with van der Waals surface area (Å²) >= 11 is 0. The Bertz CT molecular complexity index is 345. The number of hydrogen-bond acceptors (Lipinski definition) is 3. The topological polar surface area (TPSA) is 25.4 Å². The second-order valence-electron chi connectivity index (χ2n) is 4.19. The van der Waals surface area contributed by atoms with Crippen LogP contribution < -0.4 is 4.74 Å². The fraction of sp³-hybridized carbons (Fsp3) is 0.545. The van der Waals surface area contributed by atoms with Gasteiger partial charge in [0.05, 0.1) is 12.4 Å². The molecule has 4 heteroatoms. The zero-order chi connectivity index (χ0) is 10.8. The third-order valence-corrected chi connectivity index (χ3v) is 2.69. The van der Waals surface area contributed by atoms with Crippen LogP contribution in [0.2, 0.25) is 0 Å². The number of pyridine rings is 1. The first-order chi connectivity index (χ1) is 7.15. The van der Waals surface area contributed by atoms with Gasteiger partial charge in [-0.3, -0.25) is 4.98 Å². The van der Waals surface area contributed by atoms with Crippen LogP contribution in [0.4, 0.5) is 4.39 Å². The molecule has 0 aliphatic carbocycles. The van der Waals surface area contributed by atoms with Gasteiger partial charge in [0, 0.05) is 25.1 Å². The highest BCUT2D eigenvalue weighted by Crippen LogP contribution is 2.21. The molecular formula is C11H15FN2O. The molecule has 2 unspecified atom stereocenters. The summed E-state index contributed by atoms with van der Waals surface area (Å²) in [6, 6.07) is 1.37. The van der Waals surface area contributed by atoms with Crippen LogP contribution in [-0.4, -0.2) is 36.1 Å². The van der Waals surface area contributed by atoms with Crippen LogP contribution in [-0.2, 0) is 0 Å². The van der Waals surface area contributed by atoms with Gasteiger partial charge in [-0.15, -0.1) is 0 Å². The van der Waals surface area contributed by atoms with Crippen molar-refractivity contribution in [3.63, 3.8) is 0 Å². The van der Waals surface area contributed by atoms with E-state index in [2.05, 4.69) is 23.9 Å². The van der Waals surface area contributed by atoms with Gasteiger partial charge in [0.25, 0.3) is 0 Å². The minimum atomic E-state index is -0.355. The number of rotatable bonds is 2. The van der Waals surface area contributed by atoms with E-state index in [0.717, 1.165) is 13.1 Å². The Balaban J connectivity index is 2.03. The van der Waals surface area contributed by atoms with Crippen molar-refractivity contribution < 1.29 is 9.13 Å². The molecule has 0 spiro atoms. The van der Waals surface area contributed by atoms with E-state index in [9.17, 15) is 4.39 Å². The molecule has 1 aliphatic rings. The monoisotopic (exact) mass is 210 g/mol. The Morgan fingerprint density at radius 2 is 2.27 bits per heavy atom. The highest BCUT2D eigenvalue weighted by atomic mass is 19.1. The van der Waals surface area contributed by atoms with Crippen molar-refractivity contribution in [2.45, 2.75) is 13.0 Å². The Morgan fingerprint density at radius 1 is 1.47 bits per heavy atom. The third-order valence-electron chi connectivity index (χ3n) is 2.69. The number of likely N-dealkylation sites (tertiary alicyclic amines) is 1. The predicted molar refractivity (Wildman–Crippen MR) is 55.3 cm³/mol. The van der Waals surface area contributed by atoms with Crippen molar-refractivity contribution in [2.75, 3.05) is 20.1 Å². The van der Waals surface area contributed by atoms with Crippen molar-refractivity contribution in [1.29, 1.82) is 0 Å². The molecule has 0 amide bonds. The van der Waals surface area contributed by atoms with Crippen molar-refractivity contribution in [2.24, 2.45) is 5.92 Å². The summed E-state index contributed by atoms with van der Waals surface area (Å²) in [7, 11) is 2.06. The van der Waals surface area contributed by atoms with E-state index in [4.69, 9.17) is 4.74 Å². The van der Waals surface area contributed by atoms with Crippen LogP contribution in [0.25, 0.3) is 0 Å². The van der Waals surface area contributed by atoms with Gasteiger partial charge >= 0.3 is 0 Å². The Labute approximate surface area is 88.9 Å². The summed E-state index contributed by atoms with van der Waals surface area (Å²) in [4.78, 5) is 5.97. The molecule has 3 nitrogen and oxygen atoms in total. The van der Waals surface area contributed by atoms with Crippen molar-refractivity contribution >= 4 is 0 Å². The molecule has 0 N–H and O–H groups in total. The Morgan fingerprint density at radius 3 is 2.87 bits per heavy atom. The van der Waals surface area contributed by atoms with Gasteiger partial charge in [0.2, 0.25) is 0 Å². The first-order valence-electron chi connectivity index (χ1n) is 5.11. The molecule has 1 aromatic heterocycles. The summed E-state index contributed by atoms with van der Waals surface area (Å²) in [6.07, 6.45) is 2.86. The van der Waals surface area contributed by atoms with Crippen LogP contribution in [0.1, 0.15) is 6.92 Å². The summed E-state index contributed by atoms with van der Waals surface area (Å²) < 4.78 is 18.6. The second-order valence-corrected chi connectivity index (χ2v) is 4.19. The molecule has 82 valence electrons. The molecule has 0 aromatic carbocycles. The SMILES string of the molecule is CC1CN(C)CC1Oc1cncc(F)c1. The maximum Gasteiger partial charge on any atom is 0.145 e. The van der Waals surface area contributed by atoms with Crippen molar-refractivity contribution in [1.82, 2.24) is 9.88 Å². The summed E-state index contributed by atoms with van der Waals surface area (Å²) in [5, 5.41) is 0. The lowest BCUT2D eigenvalue weighted by atomic mass is 10.1. The van der Waals surface area contributed by atoms with E-state index in [1.807, 2.05) is 0 Å². The maximum atomic E-state index is 12.9. The third kappa shape index (κ3) is 2.45. The minimum Gasteiger partial charge on any atom is -0.487 e. The summed E-state index contributed by atoms with van der Waals surface area (Å²) in [5.41, 5.74) is 0. The molecule has 1 aliphatic heterocycles. The molecule has 1 fully saturated rings. The fourth-order valence-corrected chi connectivity index (χ4v) is 1.96. The fourth-order valence-electron chi connectivity index (χ4n) is 1.96. The van der Waals surface area contributed by atoms with E-state index >= 15 is 0 Å². The van der Waals surface area contributed by atoms with Gasteiger partial charge in [-0.1, -0.05) is 6.92 Å². The number of halogens is 1. The van der Waals surface area contributed by atoms with E-state index < -0.39 is 0 Å². The van der Waals surface area contributed by atoms with Crippen LogP contribution in [0.3, 0.4) is 0 Å². The molecule has 0 radical (unpaired) electrons. The quantitative estimate of drug-likeness (QED) is 0.740. The standard InChI is InChI=1S/C11H15FN2O/c1-8-6-14(2)7-11(8)15-10-3-9(12)4-13-5-10/h3-5,8,11H,6-7H2,1-2H3. The molecule has 15 heavy (non-hydrogen) atoms. The van der Waals surface area contributed by atoms with Gasteiger partial charge in [0.1, 0.15) is 17.7 Å². The lowest BCUT2D eigenvalue weighted by molar-refractivity contribution is 0.175. The van der Waals surface area contributed by atoms with E-state index in [1.54, 1.807) is 6.20 Å². The number of ether oxygens (including phenoxy) is 1. The van der Waals surface area contributed by atoms with Crippen LogP contribution in [0, 0.1) is 11.7 Å². The van der Waals surface area contributed by atoms with Crippen LogP contribution in [0.15, 0.2) is 18.5 Å². The summed E-state index contributed by atoms with van der Waals surface area (Å²) in [6.45, 7) is 4.05. The van der Waals surface area contributed by atoms with E-state index in [1.165, 1.54) is 12.3 Å². The predicted octanol–water partition coefficient (Wildman–Crippen LogP) is 1.55. The van der Waals surface area contributed by atoms with E-state index in [-0.39, 0.29) is 11.9 Å². The molecule has 2 rings (SSSR count).